The van der Waals surface area contributed by atoms with E-state index in [9.17, 15) is 40.5 Å². The molecule has 1 saturated carbocycles. The number of likely N-dealkylation sites (N-methyl/N-ethyl adjacent to an activating group) is 1. The van der Waals surface area contributed by atoms with Crippen molar-refractivity contribution in [3.63, 3.8) is 0 Å². The van der Waals surface area contributed by atoms with Crippen LogP contribution in [-0.2, 0) is 23.7 Å². The molecule has 16 atom stereocenters. The van der Waals surface area contributed by atoms with Gasteiger partial charge >= 0.3 is 0 Å². The molecule has 1 aromatic carbocycles. The van der Waals surface area contributed by atoms with E-state index in [0.717, 1.165) is 41.1 Å². The third-order valence-corrected chi connectivity index (χ3v) is 11.7. The van der Waals surface area contributed by atoms with Crippen molar-refractivity contribution >= 4 is 46.4 Å². The molecule has 1 aliphatic carbocycles. The predicted molar refractivity (Wildman–Crippen MR) is 230 cm³/mol. The largest absolute Gasteiger partial charge is 0.394 e. The monoisotopic (exact) mass is 900 g/mol. The number of benzene rings is 1. The van der Waals surface area contributed by atoms with E-state index in [4.69, 9.17) is 53.5 Å². The van der Waals surface area contributed by atoms with Gasteiger partial charge in [-0.25, -0.2) is 9.98 Å². The number of carbonyl (C=O) groups excluding carboxylic acids is 1. The molecule has 350 valence electrons. The first-order valence-corrected chi connectivity index (χ1v) is 20.9. The Kier molecular flexibility index (Phi) is 18.8. The highest BCUT2D eigenvalue weighted by Crippen LogP contribution is 2.38. The molecule has 3 aliphatic rings. The number of nitrogens with zero attached hydrogens (tertiary/aromatic N) is 4. The van der Waals surface area contributed by atoms with E-state index in [1.54, 1.807) is 0 Å². The highest BCUT2D eigenvalue weighted by molar-refractivity contribution is 6.31. The van der Waals surface area contributed by atoms with Crippen molar-refractivity contribution in [1.29, 1.82) is 0 Å². The van der Waals surface area contributed by atoms with Gasteiger partial charge in [0.05, 0.1) is 24.3 Å². The molecule has 62 heavy (non-hydrogen) atoms. The fourth-order valence-corrected chi connectivity index (χ4v) is 7.99. The van der Waals surface area contributed by atoms with Crippen LogP contribution in [0.25, 0.3) is 10.9 Å². The number of aromatic nitrogens is 1. The van der Waals surface area contributed by atoms with Crippen LogP contribution in [0.2, 0.25) is 5.02 Å². The van der Waals surface area contributed by atoms with Crippen molar-refractivity contribution in [3.05, 3.63) is 35.5 Å². The lowest BCUT2D eigenvalue weighted by molar-refractivity contribution is -0.314. The molecule has 1 unspecified atom stereocenters. The molecule has 5 rings (SSSR count). The van der Waals surface area contributed by atoms with Crippen LogP contribution in [0.5, 0.6) is 0 Å². The maximum Gasteiger partial charge on any atom is 0.188 e. The van der Waals surface area contributed by atoms with Crippen molar-refractivity contribution in [2.75, 3.05) is 38.6 Å². The molecule has 17 N–H and O–H groups in total. The van der Waals surface area contributed by atoms with Crippen molar-refractivity contribution in [2.24, 2.45) is 32.9 Å². The third kappa shape index (κ3) is 11.9. The highest BCUT2D eigenvalue weighted by atomic mass is 35.5. The van der Waals surface area contributed by atoms with E-state index in [2.05, 4.69) is 51.3 Å². The van der Waals surface area contributed by atoms with E-state index >= 15 is 0 Å². The topological polar surface area (TPSA) is 365 Å². The van der Waals surface area contributed by atoms with Gasteiger partial charge in [0, 0.05) is 28.3 Å². The second-order valence-corrected chi connectivity index (χ2v) is 16.1. The summed E-state index contributed by atoms with van der Waals surface area (Å²) in [5.74, 6) is -1.03. The van der Waals surface area contributed by atoms with Gasteiger partial charge in [0.25, 0.3) is 0 Å². The van der Waals surface area contributed by atoms with Gasteiger partial charge in [0.15, 0.2) is 36.4 Å². The minimum absolute atomic E-state index is 0.140. The summed E-state index contributed by atoms with van der Waals surface area (Å²) >= 11 is 6.04. The molecule has 0 amide bonds. The lowest BCUT2D eigenvalue weighted by Crippen LogP contribution is -2.66. The van der Waals surface area contributed by atoms with Gasteiger partial charge in [-0.1, -0.05) is 25.4 Å². The predicted octanol–water partition coefficient (Wildman–Crippen LogP) is -3.35. The Balaban J connectivity index is 0.000000323. The van der Waals surface area contributed by atoms with E-state index in [1.807, 2.05) is 30.5 Å². The number of aliphatic hydroxyl groups excluding tert-OH is 6. The first-order valence-electron chi connectivity index (χ1n) is 20.5. The summed E-state index contributed by atoms with van der Waals surface area (Å²) in [5, 5.41) is 82.1. The molecular weight excluding hydrogens is 836 g/mol. The Bertz CT molecular complexity index is 1800. The maximum absolute atomic E-state index is 12.1. The van der Waals surface area contributed by atoms with Gasteiger partial charge in [0.1, 0.15) is 60.9 Å². The normalized spacial score (nSPS) is 35.1. The van der Waals surface area contributed by atoms with Gasteiger partial charge in [0.2, 0.25) is 0 Å². The van der Waals surface area contributed by atoms with Crippen LogP contribution in [0.15, 0.2) is 40.4 Å². The molecule has 1 aromatic heterocycles. The molecule has 3 fully saturated rings. The van der Waals surface area contributed by atoms with Crippen LogP contribution in [0.1, 0.15) is 40.5 Å². The molecule has 0 spiro atoms. The highest BCUT2D eigenvalue weighted by Gasteiger charge is 2.61. The Labute approximate surface area is 365 Å². The zero-order valence-corrected chi connectivity index (χ0v) is 36.3. The molecule has 0 bridgehead atoms. The average Bonchev–Trinajstić information content (AvgIpc) is 3.47. The molecule has 3 heterocycles. The van der Waals surface area contributed by atoms with Gasteiger partial charge < -0.3 is 93.2 Å². The summed E-state index contributed by atoms with van der Waals surface area (Å²) in [4.78, 5) is 26.5. The van der Waals surface area contributed by atoms with Crippen LogP contribution in [0.4, 0.5) is 5.69 Å². The van der Waals surface area contributed by atoms with E-state index in [1.165, 1.54) is 26.9 Å². The van der Waals surface area contributed by atoms with Crippen LogP contribution >= 0.6 is 11.6 Å². The second-order valence-electron chi connectivity index (χ2n) is 15.6. The minimum atomic E-state index is -2.38. The maximum atomic E-state index is 12.1. The molecule has 2 saturated heterocycles. The number of guanidine groups is 2. The van der Waals surface area contributed by atoms with E-state index in [0.29, 0.717) is 6.04 Å². The number of ether oxygens (including phenoxy) is 4. The molecular formula is C39H65ClN10O12. The van der Waals surface area contributed by atoms with Gasteiger partial charge in [-0.3, -0.25) is 9.78 Å². The lowest BCUT2D eigenvalue weighted by atomic mass is 9.81. The number of nitrogens with two attached hydrogens (primary N) is 4. The number of anilines is 1. The number of aliphatic imine (C=N–C) groups is 2. The first-order chi connectivity index (χ1) is 29.3. The number of aldehydes is 1. The van der Waals surface area contributed by atoms with Crippen LogP contribution in [-0.4, -0.2) is 194 Å². The summed E-state index contributed by atoms with van der Waals surface area (Å²) in [6.45, 7) is 10.7. The minimum Gasteiger partial charge on any atom is -0.394 e. The van der Waals surface area contributed by atoms with Gasteiger partial charge in [-0.15, -0.1) is 0 Å². The molecule has 2 aliphatic heterocycles. The number of hydrogen-bond acceptors (Lipinski definition) is 18. The van der Waals surface area contributed by atoms with Crippen molar-refractivity contribution in [1.82, 2.24) is 15.2 Å². The number of hydrogen-bond donors (Lipinski definition) is 13. The number of aliphatic hydroxyl groups is 7. The standard InChI is InChI=1S/C21H39N7O12.C18H26ClN3/c1-5-21(36,4-30)16(40-17-9(26-2)13(34)10(31)6(3-29)38-17)18(37-5)39-15-8(28-20(24)25)11(32)7(27-19(22)23)12(33)14(15)35;1-4-22(5-2)12-6-7-14(3)21-17-10-11-20-18-13-15(19)8-9-16(17)18/h4-18,26,29,31-36H,3H2,1-2H3,(H4,22,23,27)(H4,24,25,28);8-11,13-14H,4-7,12H2,1-3H3,(H,20,21)/t5-,6-,7+,8-,9-,10-,11+,12-,13-,14+,15+,16-,17-,18-,21+;/m0./s1. The summed E-state index contributed by atoms with van der Waals surface area (Å²) in [6, 6.07) is 4.26. The third-order valence-electron chi connectivity index (χ3n) is 11.4. The van der Waals surface area contributed by atoms with E-state index < -0.39 is 110 Å². The average molecular weight is 901 g/mol. The van der Waals surface area contributed by atoms with Crippen LogP contribution < -0.4 is 33.6 Å². The molecule has 0 radical (unpaired) electrons. The van der Waals surface area contributed by atoms with Crippen LogP contribution in [0, 0.1) is 0 Å². The summed E-state index contributed by atoms with van der Waals surface area (Å²) < 4.78 is 22.9. The number of carbonyl (C=O) groups is 1. The quantitative estimate of drug-likeness (QED) is 0.0419. The number of rotatable bonds is 17. The summed E-state index contributed by atoms with van der Waals surface area (Å²) in [6.07, 6.45) is -13.1. The summed E-state index contributed by atoms with van der Waals surface area (Å²) in [7, 11) is 1.42. The second kappa shape index (κ2) is 22.9. The molecule has 23 heteroatoms. The first kappa shape index (κ1) is 51.0. The van der Waals surface area contributed by atoms with Crippen molar-refractivity contribution in [2.45, 2.75) is 138 Å². The Morgan fingerprint density at radius 3 is 2.23 bits per heavy atom. The lowest BCUT2D eigenvalue weighted by Gasteiger charge is -2.45. The Morgan fingerprint density at radius 1 is 0.968 bits per heavy atom. The SMILES string of the molecule is CCN(CC)CCCC(C)Nc1ccnc2cc(Cl)ccc12.CN[C@@H]1[C@H](O[C@H]2[C@H](O[C@H]3[C@H](O)[C@@H](O)[C@H](N=C(N)N)[C@@H](O)[C@@H]3N=C(N)N)O[C@@H](C)[C@]2(O)C=O)O[C@@H](CO)[C@H](O)[C@H]1O. The molecule has 2 aromatic rings. The Hall–Kier alpha value is -3.59. The number of pyridine rings is 1. The zero-order chi connectivity index (χ0) is 46.1. The summed E-state index contributed by atoms with van der Waals surface area (Å²) in [5.41, 5.74) is 21.5. The number of fused-ring (bicyclic) bond motifs is 1. The van der Waals surface area contributed by atoms with E-state index in [-0.39, 0.29) is 6.29 Å². The molecule has 22 nitrogen and oxygen atoms in total. The number of nitrogens with one attached hydrogen (secondary N) is 2. The van der Waals surface area contributed by atoms with Crippen LogP contribution in [0.3, 0.4) is 0 Å². The zero-order valence-electron chi connectivity index (χ0n) is 35.5. The Morgan fingerprint density at radius 2 is 1.63 bits per heavy atom. The van der Waals surface area contributed by atoms with Crippen molar-refractivity contribution in [3.8, 4) is 0 Å². The van der Waals surface area contributed by atoms with Gasteiger partial charge in [-0.05, 0) is 77.6 Å². The number of halogens is 1. The van der Waals surface area contributed by atoms with Gasteiger partial charge in [-0.2, -0.15) is 0 Å². The smallest absolute Gasteiger partial charge is 0.188 e. The fourth-order valence-electron chi connectivity index (χ4n) is 7.83. The van der Waals surface area contributed by atoms with Crippen molar-refractivity contribution < 1.29 is 59.5 Å². The fraction of sp³-hybridized carbons (Fsp3) is 0.692.